The van der Waals surface area contributed by atoms with Crippen LogP contribution in [0.5, 0.6) is 0 Å². The normalized spacial score (nSPS) is 11.1. The highest BCUT2D eigenvalue weighted by Crippen LogP contribution is 2.30. The number of benzene rings is 1. The molecule has 9 nitrogen and oxygen atoms in total. The molecule has 0 unspecified atom stereocenters. The number of nitro groups is 1. The van der Waals surface area contributed by atoms with E-state index in [1.54, 1.807) is 36.1 Å². The summed E-state index contributed by atoms with van der Waals surface area (Å²) in [5, 5.41) is 19.4. The van der Waals surface area contributed by atoms with Gasteiger partial charge in [-0.15, -0.1) is 0 Å². The summed E-state index contributed by atoms with van der Waals surface area (Å²) in [5.41, 5.74) is 3.80. The summed E-state index contributed by atoms with van der Waals surface area (Å²) in [6.45, 7) is 8.83. The van der Waals surface area contributed by atoms with E-state index in [9.17, 15) is 10.1 Å². The number of hydrogen-bond donors (Lipinski definition) is 1. The molecule has 31 heavy (non-hydrogen) atoms. The average molecular weight is 425 g/mol. The molecule has 3 aromatic rings. The molecule has 0 saturated carbocycles. The van der Waals surface area contributed by atoms with Gasteiger partial charge in [0.05, 0.1) is 17.2 Å². The predicted octanol–water partition coefficient (Wildman–Crippen LogP) is 4.61. The number of nitro benzene ring substituents is 1. The summed E-state index contributed by atoms with van der Waals surface area (Å²) in [5.74, 6) is 0.671. The molecule has 0 atom stereocenters. The Balaban J connectivity index is 2.00. The van der Waals surface area contributed by atoms with E-state index in [4.69, 9.17) is 14.6 Å². The van der Waals surface area contributed by atoms with Crippen molar-refractivity contribution in [1.82, 2.24) is 14.8 Å². The number of rotatable bonds is 10. The molecule has 0 aliphatic rings. The minimum atomic E-state index is -0.467. The lowest BCUT2D eigenvalue weighted by Gasteiger charge is -2.19. The number of aryl methyl sites for hydroxylation is 2. The number of pyridine rings is 1. The Morgan fingerprint density at radius 2 is 1.90 bits per heavy atom. The Labute approximate surface area is 181 Å². The summed E-state index contributed by atoms with van der Waals surface area (Å²) in [7, 11) is 0. The number of nitrogens with one attached hydrogen (secondary N) is 1. The third-order valence-electron chi connectivity index (χ3n) is 4.77. The van der Waals surface area contributed by atoms with Crippen LogP contribution < -0.4 is 5.32 Å². The van der Waals surface area contributed by atoms with E-state index in [1.807, 2.05) is 39.0 Å². The van der Waals surface area contributed by atoms with Crippen molar-refractivity contribution in [2.45, 2.75) is 40.5 Å². The summed E-state index contributed by atoms with van der Waals surface area (Å²) >= 11 is 0. The Morgan fingerprint density at radius 1 is 1.16 bits per heavy atom. The van der Waals surface area contributed by atoms with Crippen molar-refractivity contribution < 1.29 is 14.4 Å². The van der Waals surface area contributed by atoms with Gasteiger partial charge in [0, 0.05) is 54.6 Å². The Kier molecular flexibility index (Phi) is 7.32. The van der Waals surface area contributed by atoms with Crippen LogP contribution in [0.3, 0.4) is 0 Å². The minimum absolute atomic E-state index is 0.0631. The van der Waals surface area contributed by atoms with E-state index >= 15 is 0 Å². The second-order valence-electron chi connectivity index (χ2n) is 7.01. The molecule has 0 aliphatic heterocycles. The smallest absolute Gasteiger partial charge is 0.274 e. The van der Waals surface area contributed by atoms with Crippen LogP contribution in [0.25, 0.3) is 11.3 Å². The standard InChI is InChI=1S/C22H27N5O4/c1-5-30-22(31-6-2)14-26-21(12-19(25-26)17-8-7-9-23-13-17)24-18-11-20(27(28)29)16(4)10-15(18)3/h7-13,22,24H,5-6,14H2,1-4H3. The minimum Gasteiger partial charge on any atom is -0.351 e. The maximum atomic E-state index is 11.4. The van der Waals surface area contributed by atoms with Gasteiger partial charge in [-0.25, -0.2) is 4.68 Å². The van der Waals surface area contributed by atoms with E-state index in [-0.39, 0.29) is 10.6 Å². The van der Waals surface area contributed by atoms with Gasteiger partial charge in [0.1, 0.15) is 5.82 Å². The number of aromatic nitrogens is 3. The van der Waals surface area contributed by atoms with Crippen molar-refractivity contribution in [1.29, 1.82) is 0 Å². The summed E-state index contributed by atoms with van der Waals surface area (Å²) in [4.78, 5) is 15.2. The molecular formula is C22H27N5O4. The van der Waals surface area contributed by atoms with Crippen LogP contribution in [0.4, 0.5) is 17.2 Å². The van der Waals surface area contributed by atoms with Crippen molar-refractivity contribution >= 4 is 17.2 Å². The SMILES string of the molecule is CCOC(Cn1nc(-c2cccnc2)cc1Nc1cc([N+](=O)[O-])c(C)cc1C)OCC. The second kappa shape index (κ2) is 10.1. The van der Waals surface area contributed by atoms with Crippen molar-refractivity contribution in [2.24, 2.45) is 0 Å². The quantitative estimate of drug-likeness (QED) is 0.287. The van der Waals surface area contributed by atoms with Crippen LogP contribution in [-0.4, -0.2) is 39.2 Å². The molecule has 1 N–H and O–H groups in total. The molecule has 0 aliphatic carbocycles. The number of ether oxygens (including phenoxy) is 2. The van der Waals surface area contributed by atoms with Gasteiger partial charge < -0.3 is 14.8 Å². The van der Waals surface area contributed by atoms with Crippen LogP contribution in [0.2, 0.25) is 0 Å². The van der Waals surface area contributed by atoms with E-state index in [0.29, 0.717) is 36.8 Å². The van der Waals surface area contributed by atoms with E-state index in [1.165, 1.54) is 0 Å². The van der Waals surface area contributed by atoms with Gasteiger partial charge in [-0.05, 0) is 51.5 Å². The molecular weight excluding hydrogens is 398 g/mol. The zero-order valence-electron chi connectivity index (χ0n) is 18.2. The number of anilines is 2. The first-order valence-corrected chi connectivity index (χ1v) is 10.2. The fraction of sp³-hybridized carbons (Fsp3) is 0.364. The molecule has 0 spiro atoms. The van der Waals surface area contributed by atoms with Crippen molar-refractivity contribution in [3.05, 3.63) is 64.0 Å². The topological polar surface area (TPSA) is 104 Å². The monoisotopic (exact) mass is 425 g/mol. The van der Waals surface area contributed by atoms with Crippen molar-refractivity contribution in [2.75, 3.05) is 18.5 Å². The summed E-state index contributed by atoms with van der Waals surface area (Å²) in [6, 6.07) is 9.00. The van der Waals surface area contributed by atoms with Gasteiger partial charge in [0.25, 0.3) is 5.69 Å². The highest BCUT2D eigenvalue weighted by atomic mass is 16.7. The van der Waals surface area contributed by atoms with E-state index in [2.05, 4.69) is 10.3 Å². The highest BCUT2D eigenvalue weighted by Gasteiger charge is 2.18. The summed E-state index contributed by atoms with van der Waals surface area (Å²) in [6.07, 6.45) is 2.97. The van der Waals surface area contributed by atoms with E-state index in [0.717, 1.165) is 16.8 Å². The molecule has 0 radical (unpaired) electrons. The Morgan fingerprint density at radius 3 is 2.52 bits per heavy atom. The maximum absolute atomic E-state index is 11.4. The first-order valence-electron chi connectivity index (χ1n) is 10.2. The zero-order chi connectivity index (χ0) is 22.4. The largest absolute Gasteiger partial charge is 0.351 e. The first kappa shape index (κ1) is 22.4. The summed E-state index contributed by atoms with van der Waals surface area (Å²) < 4.78 is 13.1. The molecule has 2 heterocycles. The third-order valence-corrected chi connectivity index (χ3v) is 4.77. The highest BCUT2D eigenvalue weighted by molar-refractivity contribution is 5.69. The Bertz CT molecular complexity index is 1030. The molecule has 1 aromatic carbocycles. The lowest BCUT2D eigenvalue weighted by Crippen LogP contribution is -2.25. The van der Waals surface area contributed by atoms with E-state index < -0.39 is 6.29 Å². The predicted molar refractivity (Wildman–Crippen MR) is 118 cm³/mol. The van der Waals surface area contributed by atoms with Crippen molar-refractivity contribution in [3.8, 4) is 11.3 Å². The number of nitrogens with zero attached hydrogens (tertiary/aromatic N) is 4. The van der Waals surface area contributed by atoms with Crippen LogP contribution in [-0.2, 0) is 16.0 Å². The zero-order valence-corrected chi connectivity index (χ0v) is 18.2. The van der Waals surface area contributed by atoms with Crippen LogP contribution in [0.15, 0.2) is 42.7 Å². The fourth-order valence-electron chi connectivity index (χ4n) is 3.29. The van der Waals surface area contributed by atoms with Crippen LogP contribution >= 0.6 is 0 Å². The van der Waals surface area contributed by atoms with Gasteiger partial charge >= 0.3 is 0 Å². The molecule has 0 bridgehead atoms. The molecule has 9 heteroatoms. The number of hydrogen-bond acceptors (Lipinski definition) is 7. The molecule has 164 valence electrons. The van der Waals surface area contributed by atoms with Gasteiger partial charge in [-0.3, -0.25) is 15.1 Å². The maximum Gasteiger partial charge on any atom is 0.274 e. The fourth-order valence-corrected chi connectivity index (χ4v) is 3.29. The van der Waals surface area contributed by atoms with Gasteiger partial charge in [-0.1, -0.05) is 0 Å². The van der Waals surface area contributed by atoms with Gasteiger partial charge in [-0.2, -0.15) is 5.10 Å². The van der Waals surface area contributed by atoms with Gasteiger partial charge in [0.15, 0.2) is 6.29 Å². The molecule has 0 saturated heterocycles. The molecule has 3 rings (SSSR count). The molecule has 0 fully saturated rings. The van der Waals surface area contributed by atoms with Gasteiger partial charge in [0.2, 0.25) is 0 Å². The van der Waals surface area contributed by atoms with Crippen LogP contribution in [0.1, 0.15) is 25.0 Å². The first-order chi connectivity index (χ1) is 14.9. The molecule has 2 aromatic heterocycles. The average Bonchev–Trinajstić information content (AvgIpc) is 3.13. The second-order valence-corrected chi connectivity index (χ2v) is 7.01. The molecule has 0 amide bonds. The Hall–Kier alpha value is -3.30. The third kappa shape index (κ3) is 5.44. The lowest BCUT2D eigenvalue weighted by molar-refractivity contribution is -0.385. The van der Waals surface area contributed by atoms with Crippen LogP contribution in [0, 0.1) is 24.0 Å². The lowest BCUT2D eigenvalue weighted by atomic mass is 10.1. The van der Waals surface area contributed by atoms with Crippen molar-refractivity contribution in [3.63, 3.8) is 0 Å².